The van der Waals surface area contributed by atoms with Gasteiger partial charge in [-0.2, -0.15) is 0 Å². The Morgan fingerprint density at radius 1 is 1.30 bits per heavy atom. The molecule has 0 saturated heterocycles. The largest absolute Gasteiger partial charge is 0.338 e. The maximum atomic E-state index is 6.15. The van der Waals surface area contributed by atoms with Gasteiger partial charge in [-0.3, -0.25) is 0 Å². The van der Waals surface area contributed by atoms with Crippen LogP contribution in [0.1, 0.15) is 12.5 Å². The van der Waals surface area contributed by atoms with Gasteiger partial charge in [0.15, 0.2) is 12.4 Å². The van der Waals surface area contributed by atoms with Crippen LogP contribution in [-0.4, -0.2) is 9.97 Å². The quantitative estimate of drug-likeness (QED) is 0.687. The minimum Gasteiger partial charge on any atom is -0.338 e. The van der Waals surface area contributed by atoms with Gasteiger partial charge in [0.1, 0.15) is 12.4 Å². The number of nitrogens with one attached hydrogen (secondary N) is 1. The second-order valence-corrected chi connectivity index (χ2v) is 6.10. The predicted octanol–water partition coefficient (Wildman–Crippen LogP) is 4.26. The van der Waals surface area contributed by atoms with E-state index in [-0.39, 0.29) is 0 Å². The Hall–Kier alpha value is -1.39. The lowest BCUT2D eigenvalue weighted by molar-refractivity contribution is -0.693. The molecule has 20 heavy (non-hydrogen) atoms. The van der Waals surface area contributed by atoms with E-state index in [4.69, 9.17) is 11.6 Å². The number of aromatic amines is 1. The lowest BCUT2D eigenvalue weighted by Crippen LogP contribution is -2.31. The van der Waals surface area contributed by atoms with Crippen molar-refractivity contribution in [1.82, 2.24) is 9.97 Å². The van der Waals surface area contributed by atoms with E-state index in [9.17, 15) is 0 Å². The summed E-state index contributed by atoms with van der Waals surface area (Å²) in [6, 6.07) is 5.98. The summed E-state index contributed by atoms with van der Waals surface area (Å²) in [4.78, 5) is 7.98. The zero-order valence-corrected chi connectivity index (χ0v) is 13.6. The molecule has 0 spiro atoms. The molecule has 0 saturated carbocycles. The minimum absolute atomic E-state index is 0.744. The van der Waals surface area contributed by atoms with Crippen LogP contribution in [0.2, 0.25) is 5.02 Å². The number of H-pyrrole nitrogens is 1. The third-order valence-corrected chi connectivity index (χ3v) is 4.13. The lowest BCUT2D eigenvalue weighted by Gasteiger charge is -1.98. The maximum Gasteiger partial charge on any atom is 0.183 e. The van der Waals surface area contributed by atoms with E-state index in [0.717, 1.165) is 44.0 Å². The maximum absolute atomic E-state index is 6.15. The first-order chi connectivity index (χ1) is 9.56. The molecule has 3 rings (SSSR count). The smallest absolute Gasteiger partial charge is 0.183 e. The minimum atomic E-state index is 0.744. The zero-order chi connectivity index (χ0) is 14.3. The molecule has 1 aromatic carbocycles. The van der Waals surface area contributed by atoms with Crippen LogP contribution in [0.4, 0.5) is 0 Å². The summed E-state index contributed by atoms with van der Waals surface area (Å²) in [6.07, 6.45) is 4.13. The van der Waals surface area contributed by atoms with Crippen LogP contribution in [-0.2, 0) is 6.54 Å². The van der Waals surface area contributed by atoms with E-state index < -0.39 is 0 Å². The third kappa shape index (κ3) is 2.45. The van der Waals surface area contributed by atoms with Crippen molar-refractivity contribution in [1.29, 1.82) is 0 Å². The van der Waals surface area contributed by atoms with Gasteiger partial charge in [-0.1, -0.05) is 11.6 Å². The van der Waals surface area contributed by atoms with Crippen molar-refractivity contribution in [3.05, 3.63) is 45.7 Å². The number of benzene rings is 1. The van der Waals surface area contributed by atoms with Crippen molar-refractivity contribution in [2.45, 2.75) is 20.4 Å². The Balaban J connectivity index is 2.17. The summed E-state index contributed by atoms with van der Waals surface area (Å²) in [5, 5.41) is 0.744. The second-order valence-electron chi connectivity index (χ2n) is 4.78. The highest BCUT2D eigenvalue weighted by Crippen LogP contribution is 2.26. The summed E-state index contributed by atoms with van der Waals surface area (Å²) in [5.74, 6) is 0.852. The fourth-order valence-corrected chi connectivity index (χ4v) is 2.85. The van der Waals surface area contributed by atoms with Crippen molar-refractivity contribution < 1.29 is 4.57 Å². The highest BCUT2D eigenvalue weighted by molar-refractivity contribution is 9.10. The van der Waals surface area contributed by atoms with Gasteiger partial charge in [0.2, 0.25) is 0 Å². The van der Waals surface area contributed by atoms with Crippen LogP contribution in [0, 0.1) is 6.92 Å². The third-order valence-electron chi connectivity index (χ3n) is 3.29. The lowest BCUT2D eigenvalue weighted by atomic mass is 10.2. The number of halogens is 2. The normalized spacial score (nSPS) is 11.2. The molecule has 0 aliphatic carbocycles. The SMILES string of the molecule is CC[n+]1cc(Br)cc(-c2nc3cc(Cl)c(C)cc3[nH]2)c1. The van der Waals surface area contributed by atoms with Gasteiger partial charge in [-0.15, -0.1) is 0 Å². The van der Waals surface area contributed by atoms with Crippen LogP contribution < -0.4 is 4.57 Å². The van der Waals surface area contributed by atoms with Crippen molar-refractivity contribution in [3.8, 4) is 11.4 Å². The Morgan fingerprint density at radius 2 is 2.10 bits per heavy atom. The fourth-order valence-electron chi connectivity index (χ4n) is 2.19. The first kappa shape index (κ1) is 13.6. The van der Waals surface area contributed by atoms with Gasteiger partial charge in [0.25, 0.3) is 0 Å². The van der Waals surface area contributed by atoms with Gasteiger partial charge in [-0.25, -0.2) is 9.55 Å². The molecule has 0 aliphatic rings. The van der Waals surface area contributed by atoms with E-state index in [2.05, 4.69) is 49.7 Å². The number of imidazole rings is 1. The molecule has 1 N–H and O–H groups in total. The average molecular weight is 352 g/mol. The van der Waals surface area contributed by atoms with Crippen LogP contribution in [0.25, 0.3) is 22.4 Å². The number of nitrogens with zero attached hydrogens (tertiary/aromatic N) is 2. The first-order valence-electron chi connectivity index (χ1n) is 6.42. The molecule has 3 nitrogen and oxygen atoms in total. The summed E-state index contributed by atoms with van der Waals surface area (Å²) in [7, 11) is 0. The number of hydrogen-bond acceptors (Lipinski definition) is 1. The second kappa shape index (κ2) is 5.19. The van der Waals surface area contributed by atoms with Crippen molar-refractivity contribution in [2.75, 3.05) is 0 Å². The summed E-state index contributed by atoms with van der Waals surface area (Å²) in [6.45, 7) is 5.02. The van der Waals surface area contributed by atoms with E-state index in [0.29, 0.717) is 0 Å². The van der Waals surface area contributed by atoms with Gasteiger partial charge in [-0.05, 0) is 53.5 Å². The Morgan fingerprint density at radius 3 is 2.85 bits per heavy atom. The van der Waals surface area contributed by atoms with Crippen LogP contribution in [0.3, 0.4) is 0 Å². The number of fused-ring (bicyclic) bond motifs is 1. The van der Waals surface area contributed by atoms with Crippen molar-refractivity contribution >= 4 is 38.6 Å². The molecule has 2 heterocycles. The molecule has 5 heteroatoms. The molecule has 0 radical (unpaired) electrons. The first-order valence-corrected chi connectivity index (χ1v) is 7.60. The predicted molar refractivity (Wildman–Crippen MR) is 84.8 cm³/mol. The van der Waals surface area contributed by atoms with Gasteiger partial charge >= 0.3 is 0 Å². The summed E-state index contributed by atoms with van der Waals surface area (Å²) >= 11 is 9.68. The molecule has 3 aromatic rings. The average Bonchev–Trinajstić information content (AvgIpc) is 2.81. The molecule has 0 bridgehead atoms. The molecule has 0 atom stereocenters. The molecule has 0 amide bonds. The molecule has 0 aliphatic heterocycles. The molecular weight excluding hydrogens is 338 g/mol. The van der Waals surface area contributed by atoms with E-state index in [1.165, 1.54) is 0 Å². The summed E-state index contributed by atoms with van der Waals surface area (Å²) in [5.41, 5.74) is 3.99. The number of aryl methyl sites for hydroxylation is 2. The Labute approximate surface area is 130 Å². The topological polar surface area (TPSA) is 32.6 Å². The van der Waals surface area contributed by atoms with Crippen molar-refractivity contribution in [3.63, 3.8) is 0 Å². The van der Waals surface area contributed by atoms with Gasteiger partial charge in [0.05, 0.1) is 21.1 Å². The van der Waals surface area contributed by atoms with E-state index >= 15 is 0 Å². The zero-order valence-electron chi connectivity index (χ0n) is 11.2. The Kier molecular flexibility index (Phi) is 3.52. The number of aromatic nitrogens is 3. The monoisotopic (exact) mass is 350 g/mol. The molecule has 102 valence electrons. The highest BCUT2D eigenvalue weighted by Gasteiger charge is 2.12. The Bertz CT molecular complexity index is 756. The van der Waals surface area contributed by atoms with Gasteiger partial charge in [0, 0.05) is 5.02 Å². The summed E-state index contributed by atoms with van der Waals surface area (Å²) < 4.78 is 3.15. The van der Waals surface area contributed by atoms with E-state index in [1.807, 2.05) is 25.3 Å². The van der Waals surface area contributed by atoms with Crippen molar-refractivity contribution in [2.24, 2.45) is 0 Å². The molecule has 0 unspecified atom stereocenters. The fraction of sp³-hybridized carbons (Fsp3) is 0.200. The number of hydrogen-bond donors (Lipinski definition) is 1. The number of pyridine rings is 1. The van der Waals surface area contributed by atoms with Crippen LogP contribution in [0.5, 0.6) is 0 Å². The molecule has 0 fully saturated rings. The van der Waals surface area contributed by atoms with Crippen LogP contribution >= 0.6 is 27.5 Å². The van der Waals surface area contributed by atoms with Crippen LogP contribution in [0.15, 0.2) is 35.1 Å². The standard InChI is InChI=1S/C15H14BrClN3/c1-3-20-7-10(5-11(16)8-20)15-18-13-4-9(2)12(17)6-14(13)19-15/h4-8H,3H2,1-2H3,(H,18,19)/q+1. The molecule has 2 aromatic heterocycles. The van der Waals surface area contributed by atoms with E-state index in [1.54, 1.807) is 0 Å². The highest BCUT2D eigenvalue weighted by atomic mass is 79.9. The molecular formula is C15H14BrClN3+. The number of rotatable bonds is 2. The van der Waals surface area contributed by atoms with Gasteiger partial charge < -0.3 is 4.98 Å².